The molecule has 5 aliphatic carbocycles. The SMILES string of the molecule is CO[C@H]1[C@@H]2CC3[C@H]1[C@](O)(C[C@@H]2OC)[C@]1(O)C[C@@H]2[C@@]4(OC(=O)c5ccccc5NC(C)=O)CC[C@H](OC)[C@@]32C1N(C(C)=O)C4. The van der Waals surface area contributed by atoms with Gasteiger partial charge in [0.15, 0.2) is 0 Å². The van der Waals surface area contributed by atoms with Gasteiger partial charge >= 0.3 is 5.97 Å². The fourth-order valence-corrected chi connectivity index (χ4v) is 11.4. The van der Waals surface area contributed by atoms with E-state index >= 15 is 0 Å². The lowest BCUT2D eigenvalue weighted by molar-refractivity contribution is -0.315. The number of nitrogens with zero attached hydrogens (tertiary/aromatic N) is 1. The number of carbonyl (C=O) groups is 3. The summed E-state index contributed by atoms with van der Waals surface area (Å²) in [6.45, 7) is 2.95. The Morgan fingerprint density at radius 1 is 1.00 bits per heavy atom. The number of ether oxygens (including phenoxy) is 4. The Morgan fingerprint density at radius 3 is 2.40 bits per heavy atom. The molecule has 1 aromatic carbocycles. The number of nitrogens with one attached hydrogen (secondary N) is 1. The van der Waals surface area contributed by atoms with Crippen molar-refractivity contribution >= 4 is 23.5 Å². The molecule has 11 nitrogen and oxygen atoms in total. The maximum Gasteiger partial charge on any atom is 0.340 e. The summed E-state index contributed by atoms with van der Waals surface area (Å²) in [5.74, 6) is -2.16. The van der Waals surface area contributed by atoms with Gasteiger partial charge in [-0.2, -0.15) is 0 Å². The summed E-state index contributed by atoms with van der Waals surface area (Å²) in [4.78, 5) is 41.1. The van der Waals surface area contributed by atoms with Gasteiger partial charge in [0, 0.05) is 64.8 Å². The fourth-order valence-electron chi connectivity index (χ4n) is 11.4. The van der Waals surface area contributed by atoms with Gasteiger partial charge in [0.25, 0.3) is 0 Å². The first kappa shape index (κ1) is 29.2. The number of amides is 2. The zero-order chi connectivity index (χ0) is 30.7. The van der Waals surface area contributed by atoms with Gasteiger partial charge in [-0.1, -0.05) is 12.1 Å². The second-order valence-electron chi connectivity index (χ2n) is 13.8. The summed E-state index contributed by atoms with van der Waals surface area (Å²) in [5.41, 5.74) is -4.69. The van der Waals surface area contributed by atoms with Crippen LogP contribution in [0.1, 0.15) is 56.3 Å². The molecule has 1 heterocycles. The van der Waals surface area contributed by atoms with Gasteiger partial charge in [-0.15, -0.1) is 0 Å². The van der Waals surface area contributed by atoms with Gasteiger partial charge < -0.3 is 39.4 Å². The van der Waals surface area contributed by atoms with Crippen LogP contribution in [0.3, 0.4) is 0 Å². The molecule has 1 aromatic rings. The van der Waals surface area contributed by atoms with E-state index < -0.39 is 46.1 Å². The van der Waals surface area contributed by atoms with Crippen LogP contribution in [-0.4, -0.2) is 102 Å². The topological polar surface area (TPSA) is 144 Å². The first-order valence-electron chi connectivity index (χ1n) is 15.3. The van der Waals surface area contributed by atoms with E-state index in [9.17, 15) is 24.6 Å². The van der Waals surface area contributed by atoms with Crippen molar-refractivity contribution in [1.82, 2.24) is 4.90 Å². The molecule has 3 N–H and O–H groups in total. The number of anilines is 1. The maximum absolute atomic E-state index is 14.0. The van der Waals surface area contributed by atoms with E-state index in [4.69, 9.17) is 18.9 Å². The Morgan fingerprint density at radius 2 is 1.74 bits per heavy atom. The van der Waals surface area contributed by atoms with Crippen molar-refractivity contribution in [2.24, 2.45) is 29.1 Å². The molecule has 11 heteroatoms. The number of esters is 1. The highest BCUT2D eigenvalue weighted by atomic mass is 16.6. The maximum atomic E-state index is 14.0. The lowest BCUT2D eigenvalue weighted by atomic mass is 9.44. The van der Waals surface area contributed by atoms with Gasteiger partial charge in [-0.05, 0) is 43.7 Å². The molecule has 1 spiro atoms. The Kier molecular flexibility index (Phi) is 6.42. The predicted octanol–water partition coefficient (Wildman–Crippen LogP) is 1.75. The number of hydrogen-bond acceptors (Lipinski definition) is 9. The molecule has 1 saturated heterocycles. The predicted molar refractivity (Wildman–Crippen MR) is 152 cm³/mol. The molecule has 6 fully saturated rings. The number of carbonyl (C=O) groups excluding carboxylic acids is 3. The van der Waals surface area contributed by atoms with Crippen LogP contribution >= 0.6 is 0 Å². The van der Waals surface area contributed by atoms with Crippen molar-refractivity contribution in [3.8, 4) is 0 Å². The normalized spacial score (nSPS) is 46.8. The van der Waals surface area contributed by atoms with Gasteiger partial charge in [0.1, 0.15) is 16.8 Å². The highest BCUT2D eigenvalue weighted by Crippen LogP contribution is 2.79. The molecule has 1 aliphatic heterocycles. The second kappa shape index (κ2) is 9.47. The Hall–Kier alpha value is -2.57. The molecule has 0 radical (unpaired) electrons. The molecular weight excluding hydrogens is 556 g/mol. The van der Waals surface area contributed by atoms with Crippen LogP contribution in [0.4, 0.5) is 5.69 Å². The van der Waals surface area contributed by atoms with Crippen molar-refractivity contribution in [1.29, 1.82) is 0 Å². The van der Waals surface area contributed by atoms with Gasteiger partial charge in [-0.25, -0.2) is 4.79 Å². The number of rotatable bonds is 6. The minimum atomic E-state index is -1.71. The van der Waals surface area contributed by atoms with Crippen LogP contribution < -0.4 is 5.32 Å². The molecule has 12 atom stereocenters. The smallest absolute Gasteiger partial charge is 0.340 e. The zero-order valence-corrected chi connectivity index (χ0v) is 25.4. The summed E-state index contributed by atoms with van der Waals surface area (Å²) in [5, 5.41) is 28.5. The second-order valence-corrected chi connectivity index (χ2v) is 13.8. The quantitative estimate of drug-likeness (QED) is 0.417. The van der Waals surface area contributed by atoms with Crippen LogP contribution in [-0.2, 0) is 28.5 Å². The van der Waals surface area contributed by atoms with Crippen LogP contribution in [0.5, 0.6) is 0 Å². The summed E-state index contributed by atoms with van der Waals surface area (Å²) in [7, 11) is 4.94. The molecule has 5 saturated carbocycles. The van der Waals surface area contributed by atoms with E-state index in [1.807, 2.05) is 0 Å². The minimum absolute atomic E-state index is 0.00461. The number of fused-ring (bicyclic) bond motifs is 2. The lowest BCUT2D eigenvalue weighted by Gasteiger charge is -2.69. The van der Waals surface area contributed by atoms with E-state index in [1.54, 1.807) is 50.5 Å². The monoisotopic (exact) mass is 598 g/mol. The first-order valence-corrected chi connectivity index (χ1v) is 15.3. The van der Waals surface area contributed by atoms with Crippen LogP contribution in [0.2, 0.25) is 0 Å². The number of benzene rings is 1. The van der Waals surface area contributed by atoms with Crippen LogP contribution in [0.25, 0.3) is 0 Å². The van der Waals surface area contributed by atoms with Crippen LogP contribution in [0.15, 0.2) is 24.3 Å². The molecule has 7 bridgehead atoms. The molecule has 0 aromatic heterocycles. The van der Waals surface area contributed by atoms with Crippen LogP contribution in [0, 0.1) is 29.1 Å². The molecule has 2 amide bonds. The third kappa shape index (κ3) is 3.40. The van der Waals surface area contributed by atoms with Crippen molar-refractivity contribution in [2.45, 2.75) is 87.1 Å². The average Bonchev–Trinajstić information content (AvgIpc) is 3.39. The fraction of sp³-hybridized carbons (Fsp3) is 0.719. The average molecular weight is 599 g/mol. The molecule has 43 heavy (non-hydrogen) atoms. The van der Waals surface area contributed by atoms with E-state index in [2.05, 4.69) is 5.32 Å². The molecule has 234 valence electrons. The van der Waals surface area contributed by atoms with E-state index in [0.717, 1.165) is 0 Å². The molecule has 2 unspecified atom stereocenters. The third-order valence-electron chi connectivity index (χ3n) is 12.5. The zero-order valence-electron chi connectivity index (χ0n) is 25.4. The van der Waals surface area contributed by atoms with E-state index in [0.29, 0.717) is 24.9 Å². The molecular formula is C32H42N2O9. The molecule has 6 aliphatic rings. The Balaban J connectivity index is 1.41. The highest BCUT2D eigenvalue weighted by molar-refractivity contribution is 6.00. The van der Waals surface area contributed by atoms with Crippen molar-refractivity contribution in [2.75, 3.05) is 33.2 Å². The third-order valence-corrected chi connectivity index (χ3v) is 12.5. The van der Waals surface area contributed by atoms with E-state index in [1.165, 1.54) is 13.8 Å². The number of piperidine rings is 1. The van der Waals surface area contributed by atoms with Gasteiger partial charge in [-0.3, -0.25) is 9.59 Å². The number of aliphatic hydroxyl groups is 2. The number of hydrogen-bond donors (Lipinski definition) is 3. The highest BCUT2D eigenvalue weighted by Gasteiger charge is 2.89. The Labute approximate surface area is 251 Å². The number of para-hydroxylation sites is 1. The largest absolute Gasteiger partial charge is 0.453 e. The minimum Gasteiger partial charge on any atom is -0.453 e. The number of likely N-dealkylation sites (tertiary alicyclic amines) is 1. The standard InChI is InChI=1S/C32H42N2O9/c1-16(35)33-21-9-7-6-8-18(21)27(37)43-29-11-10-24(41-4)32-20-12-19-22(40-3)13-30(38,25(20)26(19)42-5)31(39,14-23(29)32)28(32)34(15-29)17(2)36/h6-9,19-20,22-26,28,38-39H,10-15H2,1-5H3,(H,33,35)/t19-,20?,22+,23-,24+,25-,26+,28?,29-,30-,31+,32-/m1/s1. The van der Waals surface area contributed by atoms with Crippen molar-refractivity contribution in [3.63, 3.8) is 0 Å². The summed E-state index contributed by atoms with van der Waals surface area (Å²) in [6, 6.07) is 5.96. The molecule has 7 rings (SSSR count). The first-order chi connectivity index (χ1) is 20.4. The summed E-state index contributed by atoms with van der Waals surface area (Å²) >= 11 is 0. The van der Waals surface area contributed by atoms with Gasteiger partial charge in [0.05, 0.1) is 42.1 Å². The Bertz CT molecular complexity index is 1370. The van der Waals surface area contributed by atoms with Gasteiger partial charge in [0.2, 0.25) is 11.8 Å². The summed E-state index contributed by atoms with van der Waals surface area (Å²) < 4.78 is 24.8. The number of methoxy groups -OCH3 is 3. The van der Waals surface area contributed by atoms with Crippen molar-refractivity contribution in [3.05, 3.63) is 29.8 Å². The van der Waals surface area contributed by atoms with E-state index in [-0.39, 0.29) is 66.9 Å². The lowest BCUT2D eigenvalue weighted by Crippen LogP contribution is -2.82. The summed E-state index contributed by atoms with van der Waals surface area (Å²) in [6.07, 6.45) is 1.02. The van der Waals surface area contributed by atoms with Crippen molar-refractivity contribution < 1.29 is 43.5 Å².